The number of nitrogens with zero attached hydrogens (tertiary/aromatic N) is 3. The van der Waals surface area contributed by atoms with Crippen LogP contribution in [0.2, 0.25) is 0 Å². The molecule has 1 aliphatic heterocycles. The second kappa shape index (κ2) is 6.36. The smallest absolute Gasteiger partial charge is 0.0635 e. The van der Waals surface area contributed by atoms with Crippen LogP contribution in [0.1, 0.15) is 43.7 Å². The van der Waals surface area contributed by atoms with Crippen LogP contribution in [0.5, 0.6) is 0 Å². The van der Waals surface area contributed by atoms with Gasteiger partial charge in [0.2, 0.25) is 0 Å². The number of likely N-dealkylation sites (tertiary alicyclic amines) is 1. The lowest BCUT2D eigenvalue weighted by molar-refractivity contribution is 0.205. The summed E-state index contributed by atoms with van der Waals surface area (Å²) in [5.74, 6) is 0. The number of rotatable bonds is 3. The summed E-state index contributed by atoms with van der Waals surface area (Å²) < 4.78 is 0. The van der Waals surface area contributed by atoms with E-state index in [9.17, 15) is 0 Å². The van der Waals surface area contributed by atoms with Crippen molar-refractivity contribution in [3.63, 3.8) is 0 Å². The van der Waals surface area contributed by atoms with E-state index in [1.165, 1.54) is 31.2 Å². The average Bonchev–Trinajstić information content (AvgIpc) is 2.62. The van der Waals surface area contributed by atoms with E-state index in [2.05, 4.69) is 22.0 Å². The average molecular weight is 229 g/mol. The van der Waals surface area contributed by atoms with Gasteiger partial charge in [0.05, 0.1) is 6.07 Å². The van der Waals surface area contributed by atoms with Crippen molar-refractivity contribution < 1.29 is 0 Å². The minimum absolute atomic E-state index is 0.458. The van der Waals surface area contributed by atoms with Gasteiger partial charge in [0.25, 0.3) is 0 Å². The van der Waals surface area contributed by atoms with Crippen LogP contribution in [0.25, 0.3) is 0 Å². The van der Waals surface area contributed by atoms with E-state index in [1.807, 2.05) is 18.5 Å². The van der Waals surface area contributed by atoms with E-state index in [1.54, 1.807) is 0 Å². The largest absolute Gasteiger partial charge is 0.295 e. The van der Waals surface area contributed by atoms with Gasteiger partial charge in [0, 0.05) is 31.4 Å². The molecule has 2 rings (SSSR count). The highest BCUT2D eigenvalue weighted by molar-refractivity contribution is 5.14. The lowest BCUT2D eigenvalue weighted by Gasteiger charge is -2.29. The molecule has 90 valence electrons. The van der Waals surface area contributed by atoms with E-state index >= 15 is 0 Å². The van der Waals surface area contributed by atoms with Crippen molar-refractivity contribution >= 4 is 0 Å². The third kappa shape index (κ3) is 3.28. The predicted molar refractivity (Wildman–Crippen MR) is 67.2 cm³/mol. The van der Waals surface area contributed by atoms with Gasteiger partial charge in [-0.05, 0) is 31.0 Å². The Bertz CT molecular complexity index is 369. The van der Waals surface area contributed by atoms with Crippen LogP contribution >= 0.6 is 0 Å². The number of hydrogen-bond donors (Lipinski definition) is 0. The van der Waals surface area contributed by atoms with Crippen LogP contribution < -0.4 is 0 Å². The summed E-state index contributed by atoms with van der Waals surface area (Å²) in [4.78, 5) is 6.67. The fraction of sp³-hybridized carbons (Fsp3) is 0.571. The molecule has 0 N–H and O–H groups in total. The third-order valence-corrected chi connectivity index (χ3v) is 3.44. The Hall–Kier alpha value is -1.40. The van der Waals surface area contributed by atoms with Crippen LogP contribution in [0.3, 0.4) is 0 Å². The minimum atomic E-state index is 0.458. The van der Waals surface area contributed by atoms with E-state index in [4.69, 9.17) is 5.26 Å². The molecule has 17 heavy (non-hydrogen) atoms. The van der Waals surface area contributed by atoms with Gasteiger partial charge in [0.15, 0.2) is 0 Å². The molecule has 1 unspecified atom stereocenters. The highest BCUT2D eigenvalue weighted by Gasteiger charge is 2.21. The van der Waals surface area contributed by atoms with Crippen molar-refractivity contribution in [3.05, 3.63) is 30.1 Å². The van der Waals surface area contributed by atoms with E-state index in [-0.39, 0.29) is 0 Å². The fourth-order valence-corrected chi connectivity index (χ4v) is 2.58. The molecule has 0 aromatic carbocycles. The Balaban J connectivity index is 2.12. The van der Waals surface area contributed by atoms with Gasteiger partial charge in [-0.25, -0.2) is 0 Å². The summed E-state index contributed by atoms with van der Waals surface area (Å²) in [6.45, 7) is 2.00. The molecule has 1 aromatic heterocycles. The first-order valence-electron chi connectivity index (χ1n) is 6.43. The molecule has 1 fully saturated rings. The molecule has 3 nitrogen and oxygen atoms in total. The molecule has 0 saturated carbocycles. The Morgan fingerprint density at radius 2 is 2.35 bits per heavy atom. The number of nitriles is 1. The lowest BCUT2D eigenvalue weighted by atomic mass is 10.0. The quantitative estimate of drug-likeness (QED) is 0.800. The maximum atomic E-state index is 8.74. The molecule has 0 radical (unpaired) electrons. The van der Waals surface area contributed by atoms with Gasteiger partial charge >= 0.3 is 0 Å². The second-order valence-corrected chi connectivity index (χ2v) is 4.60. The molecule has 3 heteroatoms. The molecular formula is C14H19N3. The van der Waals surface area contributed by atoms with Gasteiger partial charge in [-0.2, -0.15) is 5.26 Å². The Morgan fingerprint density at radius 1 is 1.41 bits per heavy atom. The third-order valence-electron chi connectivity index (χ3n) is 3.44. The maximum Gasteiger partial charge on any atom is 0.0635 e. The van der Waals surface area contributed by atoms with Crippen LogP contribution in [0, 0.1) is 11.3 Å². The molecule has 2 heterocycles. The highest BCUT2D eigenvalue weighted by atomic mass is 15.2. The zero-order chi connectivity index (χ0) is 11.9. The van der Waals surface area contributed by atoms with E-state index in [0.717, 1.165) is 13.1 Å². The summed E-state index contributed by atoms with van der Waals surface area (Å²) in [5.41, 5.74) is 1.30. The Morgan fingerprint density at radius 3 is 3.12 bits per heavy atom. The van der Waals surface area contributed by atoms with Crippen molar-refractivity contribution in [2.24, 2.45) is 0 Å². The first kappa shape index (κ1) is 12.1. The summed E-state index contributed by atoms with van der Waals surface area (Å²) in [6, 6.07) is 6.87. The summed E-state index contributed by atoms with van der Waals surface area (Å²) >= 11 is 0. The summed E-state index contributed by atoms with van der Waals surface area (Å²) in [5, 5.41) is 8.74. The summed E-state index contributed by atoms with van der Waals surface area (Å²) in [7, 11) is 0. The monoisotopic (exact) mass is 229 g/mol. The van der Waals surface area contributed by atoms with Gasteiger partial charge in [0.1, 0.15) is 0 Å². The van der Waals surface area contributed by atoms with Crippen molar-refractivity contribution in [2.75, 3.05) is 13.1 Å². The number of hydrogen-bond acceptors (Lipinski definition) is 3. The van der Waals surface area contributed by atoms with Gasteiger partial charge in [-0.1, -0.05) is 18.9 Å². The van der Waals surface area contributed by atoms with E-state index in [0.29, 0.717) is 12.5 Å². The summed E-state index contributed by atoms with van der Waals surface area (Å²) in [6.07, 6.45) is 9.44. The zero-order valence-corrected chi connectivity index (χ0v) is 10.2. The predicted octanol–water partition coefficient (Wildman–Crippen LogP) is 2.91. The second-order valence-electron chi connectivity index (χ2n) is 4.60. The molecule has 1 aliphatic rings. The van der Waals surface area contributed by atoms with Crippen LogP contribution in [-0.2, 0) is 0 Å². The molecule has 0 bridgehead atoms. The number of aromatic nitrogens is 1. The standard InChI is InChI=1S/C14H19N3/c15-8-5-11-17-10-3-1-2-7-14(17)13-6-4-9-16-12-13/h4,6,9,12,14H,1-3,5,7,10-11H2. The lowest BCUT2D eigenvalue weighted by Crippen LogP contribution is -2.29. The first-order chi connectivity index (χ1) is 8.42. The molecular weight excluding hydrogens is 210 g/mol. The Kier molecular flexibility index (Phi) is 4.52. The maximum absolute atomic E-state index is 8.74. The molecule has 1 saturated heterocycles. The van der Waals surface area contributed by atoms with Crippen molar-refractivity contribution in [2.45, 2.75) is 38.1 Å². The molecule has 0 spiro atoms. The van der Waals surface area contributed by atoms with Gasteiger partial charge < -0.3 is 0 Å². The van der Waals surface area contributed by atoms with Crippen molar-refractivity contribution in [1.29, 1.82) is 5.26 Å². The molecule has 1 atom stereocenters. The van der Waals surface area contributed by atoms with Crippen LogP contribution in [0.15, 0.2) is 24.5 Å². The molecule has 0 aliphatic carbocycles. The fourth-order valence-electron chi connectivity index (χ4n) is 2.58. The normalized spacial score (nSPS) is 21.7. The van der Waals surface area contributed by atoms with Crippen molar-refractivity contribution in [3.8, 4) is 6.07 Å². The highest BCUT2D eigenvalue weighted by Crippen LogP contribution is 2.29. The van der Waals surface area contributed by atoms with Crippen LogP contribution in [0.4, 0.5) is 0 Å². The minimum Gasteiger partial charge on any atom is -0.295 e. The Labute approximate surface area is 103 Å². The first-order valence-corrected chi connectivity index (χ1v) is 6.43. The topological polar surface area (TPSA) is 39.9 Å². The SMILES string of the molecule is N#CCCN1CCCCCC1c1cccnc1. The molecule has 0 amide bonds. The van der Waals surface area contributed by atoms with Gasteiger partial charge in [-0.15, -0.1) is 0 Å². The zero-order valence-electron chi connectivity index (χ0n) is 10.2. The van der Waals surface area contributed by atoms with Crippen LogP contribution in [-0.4, -0.2) is 23.0 Å². The number of pyridine rings is 1. The van der Waals surface area contributed by atoms with E-state index < -0.39 is 0 Å². The van der Waals surface area contributed by atoms with Crippen molar-refractivity contribution in [1.82, 2.24) is 9.88 Å². The van der Waals surface area contributed by atoms with Gasteiger partial charge in [-0.3, -0.25) is 9.88 Å². The molecule has 1 aromatic rings.